The van der Waals surface area contributed by atoms with Gasteiger partial charge >= 0.3 is 0 Å². The van der Waals surface area contributed by atoms with E-state index in [1.807, 2.05) is 26.2 Å². The Morgan fingerprint density at radius 3 is 2.27 bits per heavy atom. The molecule has 2 rings (SSSR count). The highest BCUT2D eigenvalue weighted by Gasteiger charge is 2.11. The first kappa shape index (κ1) is 19.9. The number of amides is 2. The lowest BCUT2D eigenvalue weighted by molar-refractivity contribution is 0.0950. The molecule has 1 aromatic carbocycles. The average molecular weight is 375 g/mol. The summed E-state index contributed by atoms with van der Waals surface area (Å²) in [6, 6.07) is 8.78. The number of carbonyl (C=O) groups is 2. The van der Waals surface area contributed by atoms with Crippen LogP contribution in [-0.2, 0) is 6.54 Å². The fourth-order valence-electron chi connectivity index (χ4n) is 2.27. The number of pyridine rings is 1. The van der Waals surface area contributed by atoms with E-state index >= 15 is 0 Å². The number of hydrogen-bond donors (Lipinski definition) is 2. The third-order valence-electron chi connectivity index (χ3n) is 3.70. The summed E-state index contributed by atoms with van der Waals surface area (Å²) in [4.78, 5) is 30.5. The molecule has 0 unspecified atom stereocenters. The molecule has 7 heteroatoms. The topological polar surface area (TPSA) is 74.3 Å². The van der Waals surface area contributed by atoms with Crippen molar-refractivity contribution in [2.75, 3.05) is 27.2 Å². The van der Waals surface area contributed by atoms with Gasteiger partial charge in [0.05, 0.1) is 11.1 Å². The van der Waals surface area contributed by atoms with Gasteiger partial charge in [-0.1, -0.05) is 23.7 Å². The maximum Gasteiger partial charge on any atom is 0.253 e. The minimum atomic E-state index is -0.283. The van der Waals surface area contributed by atoms with Crippen LogP contribution in [0, 0.1) is 0 Å². The molecule has 1 heterocycles. The second-order valence-electron chi connectivity index (χ2n) is 6.18. The van der Waals surface area contributed by atoms with E-state index in [4.69, 9.17) is 11.6 Å². The van der Waals surface area contributed by atoms with E-state index in [0.717, 1.165) is 18.5 Å². The van der Waals surface area contributed by atoms with Crippen LogP contribution in [0.2, 0.25) is 5.02 Å². The van der Waals surface area contributed by atoms with E-state index in [-0.39, 0.29) is 11.8 Å². The van der Waals surface area contributed by atoms with E-state index in [1.54, 1.807) is 18.2 Å². The number of carbonyl (C=O) groups excluding carboxylic acids is 2. The molecule has 0 aliphatic rings. The molecule has 2 N–H and O–H groups in total. The molecule has 0 aliphatic carbocycles. The van der Waals surface area contributed by atoms with Crippen molar-refractivity contribution >= 4 is 23.4 Å². The molecule has 138 valence electrons. The van der Waals surface area contributed by atoms with Gasteiger partial charge in [0.1, 0.15) is 0 Å². The lowest BCUT2D eigenvalue weighted by Gasteiger charge is -2.10. The predicted molar refractivity (Wildman–Crippen MR) is 102 cm³/mol. The van der Waals surface area contributed by atoms with E-state index in [0.29, 0.717) is 29.2 Å². The summed E-state index contributed by atoms with van der Waals surface area (Å²) >= 11 is 5.84. The van der Waals surface area contributed by atoms with E-state index in [2.05, 4.69) is 20.5 Å². The van der Waals surface area contributed by atoms with Gasteiger partial charge in [0.2, 0.25) is 0 Å². The first-order chi connectivity index (χ1) is 12.5. The van der Waals surface area contributed by atoms with Gasteiger partial charge in [-0.2, -0.15) is 0 Å². The van der Waals surface area contributed by atoms with Gasteiger partial charge in [0, 0.05) is 30.5 Å². The number of hydrogen-bond acceptors (Lipinski definition) is 4. The number of benzene rings is 1. The first-order valence-electron chi connectivity index (χ1n) is 8.36. The average Bonchev–Trinajstić information content (AvgIpc) is 2.64. The Morgan fingerprint density at radius 2 is 1.65 bits per heavy atom. The van der Waals surface area contributed by atoms with Gasteiger partial charge in [0.15, 0.2) is 0 Å². The standard InChI is InChI=1S/C19H23ClN4O2/c1-24(2)9-3-8-22-18(25)15-10-16(13-21-12-15)19(26)23-11-14-4-6-17(20)7-5-14/h4-7,10,12-13H,3,8-9,11H2,1-2H3,(H,22,25)(H,23,26). The molecule has 1 aromatic heterocycles. The maximum atomic E-state index is 12.3. The Hall–Kier alpha value is -2.44. The van der Waals surface area contributed by atoms with Gasteiger partial charge in [-0.3, -0.25) is 14.6 Å². The Labute approximate surface area is 158 Å². The maximum absolute atomic E-state index is 12.3. The summed E-state index contributed by atoms with van der Waals surface area (Å²) < 4.78 is 0. The van der Waals surface area contributed by atoms with Crippen LogP contribution in [0.25, 0.3) is 0 Å². The van der Waals surface area contributed by atoms with Crippen molar-refractivity contribution in [1.82, 2.24) is 20.5 Å². The molecule has 0 bridgehead atoms. The van der Waals surface area contributed by atoms with E-state index < -0.39 is 0 Å². The van der Waals surface area contributed by atoms with Gasteiger partial charge in [-0.15, -0.1) is 0 Å². The number of rotatable bonds is 8. The highest BCUT2D eigenvalue weighted by molar-refractivity contribution is 6.30. The van der Waals surface area contributed by atoms with Gasteiger partial charge in [0.25, 0.3) is 11.8 Å². The fraction of sp³-hybridized carbons (Fsp3) is 0.316. The van der Waals surface area contributed by atoms with Crippen LogP contribution in [-0.4, -0.2) is 48.9 Å². The molecule has 0 saturated heterocycles. The van der Waals surface area contributed by atoms with E-state index in [9.17, 15) is 9.59 Å². The Balaban J connectivity index is 1.89. The molecular weight excluding hydrogens is 352 g/mol. The van der Waals surface area contributed by atoms with Crippen molar-refractivity contribution < 1.29 is 9.59 Å². The quantitative estimate of drug-likeness (QED) is 0.695. The molecule has 2 aromatic rings. The Morgan fingerprint density at radius 1 is 1.04 bits per heavy atom. The Kier molecular flexibility index (Phi) is 7.56. The number of nitrogens with zero attached hydrogens (tertiary/aromatic N) is 2. The van der Waals surface area contributed by atoms with Gasteiger partial charge in [-0.05, 0) is 50.8 Å². The zero-order valence-electron chi connectivity index (χ0n) is 15.0. The second-order valence-corrected chi connectivity index (χ2v) is 6.62. The summed E-state index contributed by atoms with van der Waals surface area (Å²) in [6.07, 6.45) is 3.75. The van der Waals surface area contributed by atoms with Crippen molar-refractivity contribution in [2.45, 2.75) is 13.0 Å². The normalized spacial score (nSPS) is 10.6. The largest absolute Gasteiger partial charge is 0.352 e. The van der Waals surface area contributed by atoms with Crippen molar-refractivity contribution in [1.29, 1.82) is 0 Å². The zero-order chi connectivity index (χ0) is 18.9. The highest BCUT2D eigenvalue weighted by Crippen LogP contribution is 2.09. The SMILES string of the molecule is CN(C)CCCNC(=O)c1cncc(C(=O)NCc2ccc(Cl)cc2)c1. The molecular formula is C19H23ClN4O2. The Bertz CT molecular complexity index is 747. The van der Waals surface area contributed by atoms with Gasteiger partial charge in [-0.25, -0.2) is 0 Å². The molecule has 0 spiro atoms. The summed E-state index contributed by atoms with van der Waals surface area (Å²) in [6.45, 7) is 1.84. The zero-order valence-corrected chi connectivity index (χ0v) is 15.7. The molecule has 26 heavy (non-hydrogen) atoms. The van der Waals surface area contributed by atoms with Crippen molar-refractivity contribution in [3.8, 4) is 0 Å². The summed E-state index contributed by atoms with van der Waals surface area (Å²) in [5.74, 6) is -0.515. The van der Waals surface area contributed by atoms with Crippen LogP contribution in [0.3, 0.4) is 0 Å². The summed E-state index contributed by atoms with van der Waals surface area (Å²) in [5.41, 5.74) is 1.65. The van der Waals surface area contributed by atoms with Crippen LogP contribution in [0.4, 0.5) is 0 Å². The molecule has 6 nitrogen and oxygen atoms in total. The number of aromatic nitrogens is 1. The van der Waals surface area contributed by atoms with Crippen LogP contribution in [0.1, 0.15) is 32.7 Å². The lowest BCUT2D eigenvalue weighted by Crippen LogP contribution is -2.28. The minimum Gasteiger partial charge on any atom is -0.352 e. The van der Waals surface area contributed by atoms with Gasteiger partial charge < -0.3 is 15.5 Å². The van der Waals surface area contributed by atoms with Crippen molar-refractivity contribution in [3.63, 3.8) is 0 Å². The van der Waals surface area contributed by atoms with Crippen LogP contribution in [0.5, 0.6) is 0 Å². The fourth-order valence-corrected chi connectivity index (χ4v) is 2.40. The monoisotopic (exact) mass is 374 g/mol. The summed E-state index contributed by atoms with van der Waals surface area (Å²) in [5, 5.41) is 6.29. The first-order valence-corrected chi connectivity index (χ1v) is 8.74. The molecule has 2 amide bonds. The molecule has 0 fully saturated rings. The van der Waals surface area contributed by atoms with Crippen molar-refractivity contribution in [2.24, 2.45) is 0 Å². The molecule has 0 radical (unpaired) electrons. The lowest BCUT2D eigenvalue weighted by atomic mass is 10.1. The van der Waals surface area contributed by atoms with Crippen LogP contribution < -0.4 is 10.6 Å². The third kappa shape index (κ3) is 6.46. The number of halogens is 1. The second kappa shape index (κ2) is 9.89. The predicted octanol–water partition coefficient (Wildman–Crippen LogP) is 2.35. The third-order valence-corrected chi connectivity index (χ3v) is 3.95. The number of nitrogens with one attached hydrogen (secondary N) is 2. The molecule has 0 aliphatic heterocycles. The highest BCUT2D eigenvalue weighted by atomic mass is 35.5. The smallest absolute Gasteiger partial charge is 0.253 e. The minimum absolute atomic E-state index is 0.233. The molecule has 0 saturated carbocycles. The summed E-state index contributed by atoms with van der Waals surface area (Å²) in [7, 11) is 3.97. The van der Waals surface area contributed by atoms with Crippen LogP contribution >= 0.6 is 11.6 Å². The van der Waals surface area contributed by atoms with E-state index in [1.165, 1.54) is 12.4 Å². The molecule has 0 atom stereocenters. The van der Waals surface area contributed by atoms with Crippen molar-refractivity contribution in [3.05, 3.63) is 64.4 Å². The van der Waals surface area contributed by atoms with Crippen LogP contribution in [0.15, 0.2) is 42.7 Å².